The number of ether oxygens (including phenoxy) is 2. The first-order valence-electron chi connectivity index (χ1n) is 8.70. The van der Waals surface area contributed by atoms with Crippen LogP contribution >= 0.6 is 0 Å². The van der Waals surface area contributed by atoms with Gasteiger partial charge < -0.3 is 9.47 Å². The molecule has 0 fully saturated rings. The van der Waals surface area contributed by atoms with Gasteiger partial charge in [0.05, 0.1) is 14.2 Å². The Morgan fingerprint density at radius 1 is 0.462 bits per heavy atom. The molecule has 5 aromatic carbocycles. The van der Waals surface area contributed by atoms with Crippen LogP contribution in [-0.2, 0) is 0 Å². The van der Waals surface area contributed by atoms with Crippen LogP contribution in [0.25, 0.3) is 43.1 Å². The lowest BCUT2D eigenvalue weighted by Crippen LogP contribution is -1.92. The van der Waals surface area contributed by atoms with Crippen LogP contribution in [0.2, 0.25) is 0 Å². The maximum atomic E-state index is 5.67. The Kier molecular flexibility index (Phi) is 3.26. The second-order valence-electron chi connectivity index (χ2n) is 6.48. The topological polar surface area (TPSA) is 18.5 Å². The summed E-state index contributed by atoms with van der Waals surface area (Å²) in [7, 11) is 3.37. The third kappa shape index (κ3) is 1.93. The van der Waals surface area contributed by atoms with E-state index in [9.17, 15) is 0 Å². The molecule has 5 rings (SSSR count). The third-order valence-electron chi connectivity index (χ3n) is 5.24. The molecule has 0 aliphatic heterocycles. The summed E-state index contributed by atoms with van der Waals surface area (Å²) in [4.78, 5) is 0. The first-order valence-corrected chi connectivity index (χ1v) is 8.70. The first-order chi connectivity index (χ1) is 12.8. The summed E-state index contributed by atoms with van der Waals surface area (Å²) in [6, 6.07) is 25.7. The van der Waals surface area contributed by atoms with E-state index in [1.54, 1.807) is 14.2 Å². The molecule has 5 aromatic rings. The number of methoxy groups -OCH3 is 2. The van der Waals surface area contributed by atoms with Crippen molar-refractivity contribution in [3.05, 3.63) is 72.8 Å². The fraction of sp³-hybridized carbons (Fsp3) is 0.0833. The lowest BCUT2D eigenvalue weighted by molar-refractivity contribution is 0.358. The van der Waals surface area contributed by atoms with Crippen molar-refractivity contribution in [3.8, 4) is 11.5 Å². The highest BCUT2D eigenvalue weighted by Gasteiger charge is 2.15. The van der Waals surface area contributed by atoms with Crippen LogP contribution in [0.1, 0.15) is 0 Å². The second kappa shape index (κ2) is 5.63. The van der Waals surface area contributed by atoms with Crippen LogP contribution in [0.15, 0.2) is 72.8 Å². The fourth-order valence-electron chi connectivity index (χ4n) is 4.13. The van der Waals surface area contributed by atoms with Gasteiger partial charge in [-0.05, 0) is 55.9 Å². The van der Waals surface area contributed by atoms with Gasteiger partial charge in [0.1, 0.15) is 0 Å². The van der Waals surface area contributed by atoms with E-state index in [4.69, 9.17) is 9.47 Å². The SMILES string of the molecule is COc1ccc2c(ccc3c4ccccc4c4ccccc4c23)c1OC. The van der Waals surface area contributed by atoms with E-state index < -0.39 is 0 Å². The zero-order chi connectivity index (χ0) is 17.7. The molecule has 0 N–H and O–H groups in total. The van der Waals surface area contributed by atoms with Gasteiger partial charge in [-0.1, -0.05) is 54.6 Å². The van der Waals surface area contributed by atoms with Crippen LogP contribution in [0.3, 0.4) is 0 Å². The van der Waals surface area contributed by atoms with Crippen molar-refractivity contribution >= 4 is 43.1 Å². The van der Waals surface area contributed by atoms with Crippen molar-refractivity contribution in [2.45, 2.75) is 0 Å². The monoisotopic (exact) mass is 338 g/mol. The molecule has 0 saturated heterocycles. The molecule has 126 valence electrons. The molecule has 0 radical (unpaired) electrons. The molecular formula is C24H18O2. The Labute approximate surface area is 151 Å². The zero-order valence-corrected chi connectivity index (χ0v) is 14.7. The van der Waals surface area contributed by atoms with Crippen molar-refractivity contribution in [2.75, 3.05) is 14.2 Å². The van der Waals surface area contributed by atoms with Crippen LogP contribution in [0, 0.1) is 0 Å². The Morgan fingerprint density at radius 2 is 0.923 bits per heavy atom. The van der Waals surface area contributed by atoms with Gasteiger partial charge in [0.2, 0.25) is 0 Å². The Balaban J connectivity index is 2.11. The summed E-state index contributed by atoms with van der Waals surface area (Å²) in [5.41, 5.74) is 0. The van der Waals surface area contributed by atoms with Gasteiger partial charge in [-0.25, -0.2) is 0 Å². The average molecular weight is 338 g/mol. The molecule has 2 nitrogen and oxygen atoms in total. The van der Waals surface area contributed by atoms with Crippen LogP contribution in [0.5, 0.6) is 11.5 Å². The molecule has 0 bridgehead atoms. The minimum absolute atomic E-state index is 0.754. The molecule has 0 aliphatic rings. The van der Waals surface area contributed by atoms with Gasteiger partial charge >= 0.3 is 0 Å². The minimum atomic E-state index is 0.754. The number of hydrogen-bond donors (Lipinski definition) is 0. The molecule has 2 heteroatoms. The largest absolute Gasteiger partial charge is 0.493 e. The van der Waals surface area contributed by atoms with Gasteiger partial charge in [0, 0.05) is 5.39 Å². The molecule has 26 heavy (non-hydrogen) atoms. The Bertz CT molecular complexity index is 1270. The van der Waals surface area contributed by atoms with Gasteiger partial charge in [0.25, 0.3) is 0 Å². The highest BCUT2D eigenvalue weighted by molar-refractivity contribution is 6.31. The maximum Gasteiger partial charge on any atom is 0.168 e. The van der Waals surface area contributed by atoms with Crippen LogP contribution < -0.4 is 9.47 Å². The number of rotatable bonds is 2. The van der Waals surface area contributed by atoms with E-state index in [2.05, 4.69) is 66.7 Å². The van der Waals surface area contributed by atoms with Crippen molar-refractivity contribution < 1.29 is 9.47 Å². The van der Waals surface area contributed by atoms with Crippen molar-refractivity contribution in [3.63, 3.8) is 0 Å². The molecule has 0 unspecified atom stereocenters. The van der Waals surface area contributed by atoms with E-state index in [0.717, 1.165) is 16.9 Å². The smallest absolute Gasteiger partial charge is 0.168 e. The van der Waals surface area contributed by atoms with E-state index in [0.29, 0.717) is 0 Å². The summed E-state index contributed by atoms with van der Waals surface area (Å²) in [5, 5.41) is 9.88. The molecule has 0 atom stereocenters. The fourth-order valence-corrected chi connectivity index (χ4v) is 4.13. The molecule has 0 saturated carbocycles. The summed E-state index contributed by atoms with van der Waals surface area (Å²) >= 11 is 0. The van der Waals surface area contributed by atoms with Crippen molar-refractivity contribution in [1.82, 2.24) is 0 Å². The van der Waals surface area contributed by atoms with Gasteiger partial charge in [-0.3, -0.25) is 0 Å². The van der Waals surface area contributed by atoms with Gasteiger partial charge in [-0.15, -0.1) is 0 Å². The van der Waals surface area contributed by atoms with Crippen molar-refractivity contribution in [2.24, 2.45) is 0 Å². The summed E-state index contributed by atoms with van der Waals surface area (Å²) in [6.07, 6.45) is 0. The number of fused-ring (bicyclic) bond motifs is 8. The number of hydrogen-bond acceptors (Lipinski definition) is 2. The van der Waals surface area contributed by atoms with Gasteiger partial charge in [0.15, 0.2) is 11.5 Å². The Morgan fingerprint density at radius 3 is 1.54 bits per heavy atom. The second-order valence-corrected chi connectivity index (χ2v) is 6.48. The molecule has 0 amide bonds. The van der Waals surface area contributed by atoms with Gasteiger partial charge in [-0.2, -0.15) is 0 Å². The molecule has 0 aromatic heterocycles. The minimum Gasteiger partial charge on any atom is -0.493 e. The lowest BCUT2D eigenvalue weighted by atomic mass is 9.91. The predicted octanol–water partition coefficient (Wildman–Crippen LogP) is 6.32. The van der Waals surface area contributed by atoms with E-state index >= 15 is 0 Å². The standard InChI is InChI=1S/C24H18O2/c1-25-22-14-13-20-21(24(22)26-2)12-11-19-17-9-4-3-7-15(17)16-8-5-6-10-18(16)23(19)20/h3-14H,1-2H3. The highest BCUT2D eigenvalue weighted by atomic mass is 16.5. The predicted molar refractivity (Wildman–Crippen MR) is 110 cm³/mol. The first kappa shape index (κ1) is 15.0. The van der Waals surface area contributed by atoms with Crippen LogP contribution in [0.4, 0.5) is 0 Å². The zero-order valence-electron chi connectivity index (χ0n) is 14.7. The Hall–Kier alpha value is -3.26. The van der Waals surface area contributed by atoms with E-state index in [1.807, 2.05) is 6.07 Å². The third-order valence-corrected chi connectivity index (χ3v) is 5.24. The quantitative estimate of drug-likeness (QED) is 0.351. The van der Waals surface area contributed by atoms with E-state index in [1.165, 1.54) is 37.7 Å². The maximum absolute atomic E-state index is 5.67. The molecule has 0 aliphatic carbocycles. The summed E-state index contributed by atoms with van der Waals surface area (Å²) in [6.45, 7) is 0. The van der Waals surface area contributed by atoms with Crippen molar-refractivity contribution in [1.29, 1.82) is 0 Å². The average Bonchev–Trinajstić information content (AvgIpc) is 2.72. The summed E-state index contributed by atoms with van der Waals surface area (Å²) < 4.78 is 11.2. The van der Waals surface area contributed by atoms with E-state index in [-0.39, 0.29) is 0 Å². The molecule has 0 heterocycles. The number of benzene rings is 5. The summed E-state index contributed by atoms with van der Waals surface area (Å²) in [5.74, 6) is 1.54. The molecular weight excluding hydrogens is 320 g/mol. The lowest BCUT2D eigenvalue weighted by Gasteiger charge is -2.15. The highest BCUT2D eigenvalue weighted by Crippen LogP contribution is 2.43. The normalized spacial score (nSPS) is 11.5. The molecule has 0 spiro atoms. The van der Waals surface area contributed by atoms with Crippen LogP contribution in [-0.4, -0.2) is 14.2 Å².